The molecule has 0 saturated carbocycles. The van der Waals surface area contributed by atoms with Gasteiger partial charge in [-0.1, -0.05) is 0 Å². The molecule has 2 fully saturated rings. The van der Waals surface area contributed by atoms with Crippen molar-refractivity contribution in [3.8, 4) is 5.75 Å². The van der Waals surface area contributed by atoms with Gasteiger partial charge in [-0.2, -0.15) is 5.01 Å². The first-order chi connectivity index (χ1) is 14.0. The zero-order valence-corrected chi connectivity index (χ0v) is 16.4. The van der Waals surface area contributed by atoms with Crippen LogP contribution in [0.2, 0.25) is 0 Å². The largest absolute Gasteiger partial charge is 0.481 e. The second kappa shape index (κ2) is 7.51. The van der Waals surface area contributed by atoms with Crippen LogP contribution in [0.5, 0.6) is 5.75 Å². The average Bonchev–Trinajstić information content (AvgIpc) is 3.00. The van der Waals surface area contributed by atoms with Crippen LogP contribution in [0.1, 0.15) is 26.7 Å². The van der Waals surface area contributed by atoms with Gasteiger partial charge in [0, 0.05) is 31.8 Å². The molecule has 1 aromatic carbocycles. The maximum absolute atomic E-state index is 15.2. The van der Waals surface area contributed by atoms with Crippen LogP contribution in [0.15, 0.2) is 12.1 Å². The fraction of sp³-hybridized carbons (Fsp3) is 0.526. The van der Waals surface area contributed by atoms with Crippen LogP contribution >= 0.6 is 0 Å². The van der Waals surface area contributed by atoms with Crippen LogP contribution < -0.4 is 14.5 Å². The van der Waals surface area contributed by atoms with Gasteiger partial charge >= 0.3 is 12.0 Å². The lowest BCUT2D eigenvalue weighted by atomic mass is 10.1. The molecule has 0 N–H and O–H groups in total. The Balaban J connectivity index is 1.78. The Kier molecular flexibility index (Phi) is 5.03. The van der Waals surface area contributed by atoms with E-state index in [2.05, 4.69) is 0 Å². The van der Waals surface area contributed by atoms with Gasteiger partial charge in [-0.15, -0.1) is 0 Å². The minimum atomic E-state index is -1.08. The third-order valence-electron chi connectivity index (χ3n) is 5.32. The summed E-state index contributed by atoms with van der Waals surface area (Å²) in [5.74, 6) is -1.31. The number of hydrogen-bond acceptors (Lipinski definition) is 6. The summed E-state index contributed by atoms with van der Waals surface area (Å²) in [5.41, 5.74) is 0.231. The number of ether oxygens (including phenoxy) is 2. The van der Waals surface area contributed by atoms with Crippen molar-refractivity contribution in [3.63, 3.8) is 0 Å². The Morgan fingerprint density at radius 2 is 1.97 bits per heavy atom. The molecule has 9 nitrogen and oxygen atoms in total. The summed E-state index contributed by atoms with van der Waals surface area (Å²) < 4.78 is 25.8. The molecule has 29 heavy (non-hydrogen) atoms. The number of likely N-dealkylation sites (N-methyl/N-ethyl adjacent to an activating group) is 1. The van der Waals surface area contributed by atoms with Crippen molar-refractivity contribution in [1.82, 2.24) is 10.0 Å². The lowest BCUT2D eigenvalue weighted by molar-refractivity contribution is -0.153. The summed E-state index contributed by atoms with van der Waals surface area (Å²) in [5, 5.41) is 3.10. The first kappa shape index (κ1) is 19.4. The predicted octanol–water partition coefficient (Wildman–Crippen LogP) is 1.71. The quantitative estimate of drug-likeness (QED) is 0.708. The molecule has 3 aliphatic rings. The standard InChI is InChI=1S/C19H23FN4O5/c1-3-21-14-9-12(20)13(10-15(14)29-11-16(21)25)24-17(18(26)28-4-2)22-7-5-6-8-23(22)19(24)27/h9-10,17H,3-8,11H2,1-2H3. The number of rotatable bonds is 4. The molecule has 1 aromatic rings. The van der Waals surface area contributed by atoms with Crippen molar-refractivity contribution in [1.29, 1.82) is 0 Å². The van der Waals surface area contributed by atoms with E-state index in [-0.39, 0.29) is 30.6 Å². The normalized spacial score (nSPS) is 21.8. The molecule has 4 rings (SSSR count). The predicted molar refractivity (Wildman–Crippen MR) is 101 cm³/mol. The van der Waals surface area contributed by atoms with Crippen molar-refractivity contribution in [2.75, 3.05) is 42.6 Å². The van der Waals surface area contributed by atoms with Crippen molar-refractivity contribution < 1.29 is 28.2 Å². The van der Waals surface area contributed by atoms with E-state index in [0.29, 0.717) is 25.3 Å². The highest BCUT2D eigenvalue weighted by molar-refractivity contribution is 6.02. The van der Waals surface area contributed by atoms with E-state index >= 15 is 4.39 Å². The number of fused-ring (bicyclic) bond motifs is 2. The lowest BCUT2D eigenvalue weighted by Gasteiger charge is -2.33. The van der Waals surface area contributed by atoms with Gasteiger partial charge in [0.1, 0.15) is 11.6 Å². The van der Waals surface area contributed by atoms with Gasteiger partial charge in [0.2, 0.25) is 6.17 Å². The number of hydrogen-bond donors (Lipinski definition) is 0. The Morgan fingerprint density at radius 1 is 1.21 bits per heavy atom. The van der Waals surface area contributed by atoms with Gasteiger partial charge in [0.25, 0.3) is 5.91 Å². The molecule has 10 heteroatoms. The Hall–Kier alpha value is -2.88. The van der Waals surface area contributed by atoms with E-state index in [9.17, 15) is 14.4 Å². The first-order valence-corrected chi connectivity index (χ1v) is 9.78. The van der Waals surface area contributed by atoms with Crippen LogP contribution in [-0.4, -0.2) is 66.9 Å². The van der Waals surface area contributed by atoms with Gasteiger partial charge in [0.15, 0.2) is 6.61 Å². The number of halogens is 1. The molecule has 0 radical (unpaired) electrons. The van der Waals surface area contributed by atoms with Crippen molar-refractivity contribution in [2.24, 2.45) is 0 Å². The van der Waals surface area contributed by atoms with Crippen LogP contribution in [0.3, 0.4) is 0 Å². The second-order valence-corrected chi connectivity index (χ2v) is 6.97. The fourth-order valence-electron chi connectivity index (χ4n) is 4.03. The van der Waals surface area contributed by atoms with Gasteiger partial charge in [0.05, 0.1) is 18.0 Å². The molecule has 3 aliphatic heterocycles. The third-order valence-corrected chi connectivity index (χ3v) is 5.32. The first-order valence-electron chi connectivity index (χ1n) is 9.78. The van der Waals surface area contributed by atoms with Gasteiger partial charge < -0.3 is 14.4 Å². The molecular formula is C19H23FN4O5. The number of urea groups is 1. The molecule has 156 valence electrons. The van der Waals surface area contributed by atoms with E-state index in [0.717, 1.165) is 17.7 Å². The molecule has 2 saturated heterocycles. The third kappa shape index (κ3) is 3.07. The summed E-state index contributed by atoms with van der Waals surface area (Å²) in [6.07, 6.45) is 0.536. The highest BCUT2D eigenvalue weighted by atomic mass is 19.1. The molecule has 3 heterocycles. The molecular weight excluding hydrogens is 383 g/mol. The minimum absolute atomic E-state index is 0.0772. The summed E-state index contributed by atoms with van der Waals surface area (Å²) in [6.45, 7) is 4.75. The number of carbonyl (C=O) groups excluding carboxylic acids is 3. The number of benzene rings is 1. The maximum atomic E-state index is 15.2. The number of nitrogens with zero attached hydrogens (tertiary/aromatic N) is 4. The van der Waals surface area contributed by atoms with E-state index in [1.54, 1.807) is 18.9 Å². The van der Waals surface area contributed by atoms with Crippen LogP contribution in [0.4, 0.5) is 20.6 Å². The van der Waals surface area contributed by atoms with Crippen LogP contribution in [0, 0.1) is 5.82 Å². The van der Waals surface area contributed by atoms with Crippen molar-refractivity contribution in [2.45, 2.75) is 32.9 Å². The average molecular weight is 406 g/mol. The number of hydrazine groups is 1. The summed E-state index contributed by atoms with van der Waals surface area (Å²) in [7, 11) is 0. The summed E-state index contributed by atoms with van der Waals surface area (Å²) >= 11 is 0. The molecule has 0 spiro atoms. The smallest absolute Gasteiger partial charge is 0.346 e. The summed E-state index contributed by atoms with van der Waals surface area (Å²) in [6, 6.07) is 2.07. The van der Waals surface area contributed by atoms with E-state index < -0.39 is 24.0 Å². The molecule has 1 atom stereocenters. The Bertz CT molecular complexity index is 863. The highest BCUT2D eigenvalue weighted by Crippen LogP contribution is 2.40. The minimum Gasteiger partial charge on any atom is -0.481 e. The highest BCUT2D eigenvalue weighted by Gasteiger charge is 2.51. The summed E-state index contributed by atoms with van der Waals surface area (Å²) in [4.78, 5) is 40.3. The van der Waals surface area contributed by atoms with Crippen molar-refractivity contribution >= 4 is 29.3 Å². The zero-order chi connectivity index (χ0) is 20.7. The fourth-order valence-corrected chi connectivity index (χ4v) is 4.03. The second-order valence-electron chi connectivity index (χ2n) is 6.97. The number of anilines is 2. The molecule has 0 aromatic heterocycles. The van der Waals surface area contributed by atoms with Gasteiger partial charge in [-0.25, -0.2) is 14.0 Å². The van der Waals surface area contributed by atoms with Crippen LogP contribution in [-0.2, 0) is 14.3 Å². The molecule has 3 amide bonds. The van der Waals surface area contributed by atoms with E-state index in [1.807, 2.05) is 0 Å². The van der Waals surface area contributed by atoms with Gasteiger partial charge in [-0.05, 0) is 26.7 Å². The lowest BCUT2D eigenvalue weighted by Crippen LogP contribution is -2.51. The zero-order valence-electron chi connectivity index (χ0n) is 16.4. The maximum Gasteiger partial charge on any atom is 0.346 e. The van der Waals surface area contributed by atoms with Crippen LogP contribution in [0.25, 0.3) is 0 Å². The van der Waals surface area contributed by atoms with Crippen molar-refractivity contribution in [3.05, 3.63) is 17.9 Å². The number of amides is 3. The molecule has 1 unspecified atom stereocenters. The Morgan fingerprint density at radius 3 is 2.69 bits per heavy atom. The van der Waals surface area contributed by atoms with E-state index in [4.69, 9.17) is 9.47 Å². The molecule has 0 bridgehead atoms. The SMILES string of the molecule is CCOC(=O)C1N(c2cc3c(cc2F)N(CC)C(=O)CO3)C(=O)N2CCCCN12. The topological polar surface area (TPSA) is 82.6 Å². The Labute approximate surface area is 167 Å². The molecule has 0 aliphatic carbocycles. The van der Waals surface area contributed by atoms with E-state index in [1.165, 1.54) is 22.0 Å². The number of carbonyl (C=O) groups is 3. The van der Waals surface area contributed by atoms with Gasteiger partial charge in [-0.3, -0.25) is 14.7 Å². The number of esters is 1. The monoisotopic (exact) mass is 406 g/mol.